The summed E-state index contributed by atoms with van der Waals surface area (Å²) < 4.78 is 0. The maximum absolute atomic E-state index is 12.2. The molecule has 1 rings (SSSR count). The lowest BCUT2D eigenvalue weighted by Crippen LogP contribution is -2.52. The molecular weight excluding hydrogens is 284 g/mol. The third-order valence-corrected chi connectivity index (χ3v) is 2.99. The second-order valence-electron chi connectivity index (χ2n) is 4.87. The standard InChI is InChI=1S/C16H20N2O4/c1-3-7-13(16(21)22)18-15(20)14(17-11(2)19)10-12-8-5-4-6-9-12/h3-6,8-9,13-14H,1,7,10H2,2H3,(H,17,19)(H,18,20)(H,21,22)/t13-,14-/m0/s1. The molecule has 0 unspecified atom stereocenters. The van der Waals surface area contributed by atoms with Gasteiger partial charge in [-0.3, -0.25) is 9.59 Å². The number of hydrogen-bond acceptors (Lipinski definition) is 3. The molecule has 0 saturated carbocycles. The monoisotopic (exact) mass is 304 g/mol. The van der Waals surface area contributed by atoms with Crippen molar-refractivity contribution in [1.82, 2.24) is 10.6 Å². The van der Waals surface area contributed by atoms with Gasteiger partial charge in [0.1, 0.15) is 12.1 Å². The Balaban J connectivity index is 2.81. The van der Waals surface area contributed by atoms with E-state index in [1.54, 1.807) is 0 Å². The number of carboxylic acid groups (broad SMARTS) is 1. The number of aliphatic carboxylic acids is 1. The lowest BCUT2D eigenvalue weighted by Gasteiger charge is -2.20. The normalized spacial score (nSPS) is 12.8. The van der Waals surface area contributed by atoms with Gasteiger partial charge in [-0.05, 0) is 12.0 Å². The van der Waals surface area contributed by atoms with E-state index in [1.165, 1.54) is 13.0 Å². The highest BCUT2D eigenvalue weighted by Crippen LogP contribution is 2.05. The largest absolute Gasteiger partial charge is 0.480 e. The zero-order valence-corrected chi connectivity index (χ0v) is 12.4. The van der Waals surface area contributed by atoms with Crippen LogP contribution in [-0.4, -0.2) is 35.0 Å². The summed E-state index contributed by atoms with van der Waals surface area (Å²) in [5.41, 5.74) is 0.868. The average Bonchev–Trinajstić information content (AvgIpc) is 2.46. The van der Waals surface area contributed by atoms with Crippen LogP contribution in [0.1, 0.15) is 18.9 Å². The first-order valence-electron chi connectivity index (χ1n) is 6.89. The van der Waals surface area contributed by atoms with E-state index in [4.69, 9.17) is 5.11 Å². The minimum atomic E-state index is -1.14. The number of hydrogen-bond donors (Lipinski definition) is 3. The zero-order valence-electron chi connectivity index (χ0n) is 12.4. The molecule has 1 aromatic rings. The highest BCUT2D eigenvalue weighted by atomic mass is 16.4. The van der Waals surface area contributed by atoms with Crippen LogP contribution in [0, 0.1) is 0 Å². The van der Waals surface area contributed by atoms with E-state index in [-0.39, 0.29) is 18.7 Å². The molecule has 1 aromatic carbocycles. The first-order chi connectivity index (χ1) is 10.4. The van der Waals surface area contributed by atoms with Crippen LogP contribution >= 0.6 is 0 Å². The number of benzene rings is 1. The SMILES string of the molecule is C=CC[C@H](NC(=O)[C@H](Cc1ccccc1)NC(C)=O)C(=O)O. The molecular formula is C16H20N2O4. The maximum Gasteiger partial charge on any atom is 0.326 e. The number of carbonyl (C=O) groups is 3. The summed E-state index contributed by atoms with van der Waals surface area (Å²) in [5.74, 6) is -2.03. The number of amides is 2. The lowest BCUT2D eigenvalue weighted by atomic mass is 10.0. The molecule has 0 heterocycles. The van der Waals surface area contributed by atoms with Gasteiger partial charge in [0.15, 0.2) is 0 Å². The van der Waals surface area contributed by atoms with Gasteiger partial charge in [0.25, 0.3) is 0 Å². The average molecular weight is 304 g/mol. The minimum Gasteiger partial charge on any atom is -0.480 e. The topological polar surface area (TPSA) is 95.5 Å². The molecule has 22 heavy (non-hydrogen) atoms. The van der Waals surface area contributed by atoms with Gasteiger partial charge < -0.3 is 15.7 Å². The van der Waals surface area contributed by atoms with Gasteiger partial charge in [-0.1, -0.05) is 36.4 Å². The van der Waals surface area contributed by atoms with Crippen molar-refractivity contribution in [3.05, 3.63) is 48.6 Å². The van der Waals surface area contributed by atoms with Gasteiger partial charge in [0.05, 0.1) is 0 Å². The Hall–Kier alpha value is -2.63. The van der Waals surface area contributed by atoms with Crippen LogP contribution in [0.15, 0.2) is 43.0 Å². The van der Waals surface area contributed by atoms with Crippen LogP contribution in [-0.2, 0) is 20.8 Å². The first kappa shape index (κ1) is 17.4. The van der Waals surface area contributed by atoms with Crippen LogP contribution in [0.2, 0.25) is 0 Å². The van der Waals surface area contributed by atoms with Gasteiger partial charge in [-0.25, -0.2) is 4.79 Å². The van der Waals surface area contributed by atoms with Crippen molar-refractivity contribution in [2.75, 3.05) is 0 Å². The van der Waals surface area contributed by atoms with Crippen LogP contribution < -0.4 is 10.6 Å². The van der Waals surface area contributed by atoms with E-state index in [2.05, 4.69) is 17.2 Å². The van der Waals surface area contributed by atoms with Crippen molar-refractivity contribution in [2.24, 2.45) is 0 Å². The van der Waals surface area contributed by atoms with Gasteiger partial charge in [-0.2, -0.15) is 0 Å². The van der Waals surface area contributed by atoms with E-state index in [1.807, 2.05) is 30.3 Å². The van der Waals surface area contributed by atoms with E-state index in [0.717, 1.165) is 5.56 Å². The molecule has 0 aliphatic carbocycles. The van der Waals surface area contributed by atoms with E-state index in [0.29, 0.717) is 0 Å². The van der Waals surface area contributed by atoms with E-state index >= 15 is 0 Å². The van der Waals surface area contributed by atoms with Crippen molar-refractivity contribution in [3.63, 3.8) is 0 Å². The summed E-state index contributed by atoms with van der Waals surface area (Å²) in [5, 5.41) is 14.0. The lowest BCUT2D eigenvalue weighted by molar-refractivity contribution is -0.142. The van der Waals surface area contributed by atoms with Crippen LogP contribution in [0.25, 0.3) is 0 Å². The summed E-state index contributed by atoms with van der Waals surface area (Å²) in [6.07, 6.45) is 1.82. The Bertz CT molecular complexity index is 542. The molecule has 118 valence electrons. The predicted molar refractivity (Wildman–Crippen MR) is 82.1 cm³/mol. The molecule has 0 fully saturated rings. The summed E-state index contributed by atoms with van der Waals surface area (Å²) in [4.78, 5) is 34.6. The van der Waals surface area contributed by atoms with Gasteiger partial charge in [0, 0.05) is 13.3 Å². The highest BCUT2D eigenvalue weighted by molar-refractivity contribution is 5.90. The number of nitrogens with one attached hydrogen (secondary N) is 2. The summed E-state index contributed by atoms with van der Waals surface area (Å²) in [7, 11) is 0. The Kier molecular flexibility index (Phi) is 6.82. The smallest absolute Gasteiger partial charge is 0.326 e. The van der Waals surface area contributed by atoms with Crippen LogP contribution in [0.3, 0.4) is 0 Å². The number of carbonyl (C=O) groups excluding carboxylic acids is 2. The van der Waals surface area contributed by atoms with Crippen LogP contribution in [0.5, 0.6) is 0 Å². The third-order valence-electron chi connectivity index (χ3n) is 2.99. The summed E-state index contributed by atoms with van der Waals surface area (Å²) in [6.45, 7) is 4.78. The first-order valence-corrected chi connectivity index (χ1v) is 6.89. The molecule has 0 saturated heterocycles. The Morgan fingerprint density at radius 1 is 1.18 bits per heavy atom. The summed E-state index contributed by atoms with van der Waals surface area (Å²) >= 11 is 0. The minimum absolute atomic E-state index is 0.110. The molecule has 0 aliphatic heterocycles. The molecule has 6 heteroatoms. The highest BCUT2D eigenvalue weighted by Gasteiger charge is 2.25. The molecule has 0 spiro atoms. The number of rotatable bonds is 8. The van der Waals surface area contributed by atoms with Crippen molar-refractivity contribution < 1.29 is 19.5 Å². The molecule has 2 atom stereocenters. The van der Waals surface area contributed by atoms with E-state index < -0.39 is 24.0 Å². The molecule has 0 bridgehead atoms. The molecule has 3 N–H and O–H groups in total. The second-order valence-corrected chi connectivity index (χ2v) is 4.87. The molecule has 0 aromatic heterocycles. The van der Waals surface area contributed by atoms with Crippen molar-refractivity contribution in [1.29, 1.82) is 0 Å². The number of carboxylic acids is 1. The fourth-order valence-electron chi connectivity index (χ4n) is 1.96. The van der Waals surface area contributed by atoms with Crippen molar-refractivity contribution in [2.45, 2.75) is 31.8 Å². The Labute approximate surface area is 129 Å². The second kappa shape index (κ2) is 8.61. The quantitative estimate of drug-likeness (QED) is 0.621. The predicted octanol–water partition coefficient (Wildman–Crippen LogP) is 0.879. The zero-order chi connectivity index (χ0) is 16.5. The van der Waals surface area contributed by atoms with Crippen LogP contribution in [0.4, 0.5) is 0 Å². The summed E-state index contributed by atoms with van der Waals surface area (Å²) in [6, 6.07) is 7.29. The molecule has 6 nitrogen and oxygen atoms in total. The van der Waals surface area contributed by atoms with E-state index in [9.17, 15) is 14.4 Å². The van der Waals surface area contributed by atoms with Crippen molar-refractivity contribution >= 4 is 17.8 Å². The maximum atomic E-state index is 12.2. The van der Waals surface area contributed by atoms with Gasteiger partial charge >= 0.3 is 5.97 Å². The van der Waals surface area contributed by atoms with Crippen molar-refractivity contribution in [3.8, 4) is 0 Å². The molecule has 2 amide bonds. The fraction of sp³-hybridized carbons (Fsp3) is 0.312. The third kappa shape index (κ3) is 5.78. The van der Waals surface area contributed by atoms with Gasteiger partial charge in [0.2, 0.25) is 11.8 Å². The Morgan fingerprint density at radius 3 is 2.32 bits per heavy atom. The molecule has 0 radical (unpaired) electrons. The Morgan fingerprint density at radius 2 is 1.82 bits per heavy atom. The van der Waals surface area contributed by atoms with Gasteiger partial charge in [-0.15, -0.1) is 6.58 Å². The molecule has 0 aliphatic rings. The fourth-order valence-corrected chi connectivity index (χ4v) is 1.96.